The van der Waals surface area contributed by atoms with Gasteiger partial charge in [-0.3, -0.25) is 4.57 Å². The summed E-state index contributed by atoms with van der Waals surface area (Å²) < 4.78 is 49.1. The van der Waals surface area contributed by atoms with E-state index in [1.807, 2.05) is 39.8 Å². The van der Waals surface area contributed by atoms with Crippen LogP contribution in [0.3, 0.4) is 0 Å². The minimum Gasteiger partial charge on any atom is -0.480 e. The van der Waals surface area contributed by atoms with E-state index in [4.69, 9.17) is 24.0 Å². The summed E-state index contributed by atoms with van der Waals surface area (Å²) in [6, 6.07) is 7.43. The van der Waals surface area contributed by atoms with Crippen molar-refractivity contribution in [2.45, 2.75) is 34.1 Å². The van der Waals surface area contributed by atoms with Crippen LogP contribution in [0.2, 0.25) is 0 Å². The van der Waals surface area contributed by atoms with Crippen LogP contribution in [0.4, 0.5) is 0 Å². The van der Waals surface area contributed by atoms with Gasteiger partial charge >= 0.3 is 7.60 Å². The Morgan fingerprint density at radius 1 is 0.903 bits per heavy atom. The van der Waals surface area contributed by atoms with Crippen molar-refractivity contribution >= 4 is 17.4 Å². The van der Waals surface area contributed by atoms with Crippen LogP contribution < -0.4 is 9.47 Å². The molecule has 0 saturated carbocycles. The van der Waals surface area contributed by atoms with Gasteiger partial charge in [-0.2, -0.15) is 0 Å². The smallest absolute Gasteiger partial charge is 0.362 e. The molecule has 0 atom stereocenters. The van der Waals surface area contributed by atoms with E-state index >= 15 is 0 Å². The maximum Gasteiger partial charge on any atom is 0.362 e. The fourth-order valence-electron chi connectivity index (χ4n) is 3.19. The normalized spacial score (nSPS) is 12.1. The first-order valence-electron chi connectivity index (χ1n) is 9.52. The number of benzene rings is 2. The Hall–Kier alpha value is -1.90. The van der Waals surface area contributed by atoms with Gasteiger partial charge in [0.05, 0.1) is 0 Å². The fourth-order valence-corrected chi connectivity index (χ4v) is 3.86. The molecule has 172 valence electrons. The summed E-state index contributed by atoms with van der Waals surface area (Å²) in [7, 11) is -7.46. The highest BCUT2D eigenvalue weighted by atomic mass is 32.2. The SMILES string of the molecule is Cc1c(C)c(OCP(=O)(O)O)c(C)c(C)c1Cc1ccc(OCOCS(C)(=O)=O)cc1. The van der Waals surface area contributed by atoms with Crippen LogP contribution in [0.1, 0.15) is 33.4 Å². The molecule has 0 aromatic heterocycles. The van der Waals surface area contributed by atoms with Gasteiger partial charge in [-0.25, -0.2) is 8.42 Å². The van der Waals surface area contributed by atoms with Crippen molar-refractivity contribution < 1.29 is 37.0 Å². The average Bonchev–Trinajstić information content (AvgIpc) is 2.66. The van der Waals surface area contributed by atoms with Crippen LogP contribution >= 0.6 is 7.60 Å². The predicted octanol–water partition coefficient (Wildman–Crippen LogP) is 3.38. The van der Waals surface area contributed by atoms with Crippen molar-refractivity contribution in [3.05, 3.63) is 57.6 Å². The summed E-state index contributed by atoms with van der Waals surface area (Å²) in [4.78, 5) is 18.2. The lowest BCUT2D eigenvalue weighted by atomic mass is 9.89. The van der Waals surface area contributed by atoms with E-state index in [0.29, 0.717) is 17.9 Å². The largest absolute Gasteiger partial charge is 0.480 e. The zero-order chi connectivity index (χ0) is 23.4. The van der Waals surface area contributed by atoms with Crippen LogP contribution in [-0.4, -0.2) is 43.5 Å². The third-order valence-electron chi connectivity index (χ3n) is 5.00. The highest BCUT2D eigenvalue weighted by Gasteiger charge is 2.20. The van der Waals surface area contributed by atoms with E-state index in [0.717, 1.165) is 39.6 Å². The van der Waals surface area contributed by atoms with E-state index in [9.17, 15) is 13.0 Å². The molecule has 0 aliphatic rings. The predicted molar refractivity (Wildman–Crippen MR) is 118 cm³/mol. The molecule has 0 unspecified atom stereocenters. The Balaban J connectivity index is 2.13. The molecule has 0 aliphatic carbocycles. The maximum atomic E-state index is 11.2. The van der Waals surface area contributed by atoms with E-state index < -0.39 is 29.7 Å². The molecule has 2 rings (SSSR count). The number of hydrogen-bond acceptors (Lipinski definition) is 6. The van der Waals surface area contributed by atoms with Crippen LogP contribution in [0.15, 0.2) is 24.3 Å². The highest BCUT2D eigenvalue weighted by Crippen LogP contribution is 2.39. The molecule has 31 heavy (non-hydrogen) atoms. The average molecular weight is 472 g/mol. The molecule has 0 aliphatic heterocycles. The monoisotopic (exact) mass is 472 g/mol. The standard InChI is InChI=1S/C21H29O8PS/c1-14-16(3)21(29-12-30(22,23)24)17(4)15(2)20(14)10-18-6-8-19(9-7-18)28-11-27-13-31(5,25)26/h6-9H,10-13H2,1-5H3,(H2,22,23,24). The van der Waals surface area contributed by atoms with Gasteiger partial charge in [0.2, 0.25) is 0 Å². The van der Waals surface area contributed by atoms with Gasteiger partial charge in [-0.15, -0.1) is 0 Å². The van der Waals surface area contributed by atoms with Gasteiger partial charge in [0.15, 0.2) is 28.9 Å². The van der Waals surface area contributed by atoms with Gasteiger partial charge in [-0.1, -0.05) is 12.1 Å². The Bertz CT molecular complexity index is 1040. The van der Waals surface area contributed by atoms with E-state index in [2.05, 4.69) is 0 Å². The second kappa shape index (κ2) is 10.1. The van der Waals surface area contributed by atoms with Gasteiger partial charge < -0.3 is 24.0 Å². The van der Waals surface area contributed by atoms with Crippen molar-refractivity contribution in [1.29, 1.82) is 0 Å². The summed E-state index contributed by atoms with van der Waals surface area (Å²) in [6.07, 6.45) is 1.11. The van der Waals surface area contributed by atoms with Crippen molar-refractivity contribution in [2.24, 2.45) is 0 Å². The third kappa shape index (κ3) is 7.63. The molecule has 0 heterocycles. The highest BCUT2D eigenvalue weighted by molar-refractivity contribution is 7.90. The molecule has 8 nitrogen and oxygen atoms in total. The molecule has 2 aromatic rings. The molecule has 0 bridgehead atoms. The first-order valence-corrected chi connectivity index (χ1v) is 13.4. The van der Waals surface area contributed by atoms with Gasteiger partial charge in [0, 0.05) is 6.26 Å². The number of hydrogen-bond donors (Lipinski definition) is 2. The topological polar surface area (TPSA) is 119 Å². The molecule has 0 amide bonds. The summed E-state index contributed by atoms with van der Waals surface area (Å²) >= 11 is 0. The molecule has 0 saturated heterocycles. The summed E-state index contributed by atoms with van der Waals surface area (Å²) in [5.74, 6) is 0.690. The zero-order valence-electron chi connectivity index (χ0n) is 18.3. The minimum atomic E-state index is -4.26. The lowest BCUT2D eigenvalue weighted by Gasteiger charge is -2.21. The Morgan fingerprint density at radius 3 is 1.94 bits per heavy atom. The summed E-state index contributed by atoms with van der Waals surface area (Å²) in [6.45, 7) is 7.55. The minimum absolute atomic E-state index is 0.154. The maximum absolute atomic E-state index is 11.2. The van der Waals surface area contributed by atoms with E-state index in [1.165, 1.54) is 0 Å². The molecule has 0 radical (unpaired) electrons. The Morgan fingerprint density at radius 2 is 1.45 bits per heavy atom. The molecule has 10 heteroatoms. The molecule has 0 fully saturated rings. The zero-order valence-corrected chi connectivity index (χ0v) is 20.0. The number of ether oxygens (including phenoxy) is 3. The van der Waals surface area contributed by atoms with Crippen LogP contribution in [-0.2, 0) is 25.6 Å². The van der Waals surface area contributed by atoms with Crippen LogP contribution in [0.5, 0.6) is 11.5 Å². The third-order valence-corrected chi connectivity index (χ3v) is 6.06. The number of rotatable bonds is 10. The quantitative estimate of drug-likeness (QED) is 0.307. The lowest BCUT2D eigenvalue weighted by molar-refractivity contribution is 0.0395. The number of sulfone groups is 1. The van der Waals surface area contributed by atoms with Crippen molar-refractivity contribution in [3.63, 3.8) is 0 Å². The molecule has 2 aromatic carbocycles. The van der Waals surface area contributed by atoms with E-state index in [1.54, 1.807) is 12.1 Å². The molecule has 0 spiro atoms. The second-order valence-electron chi connectivity index (χ2n) is 7.58. The molecule has 2 N–H and O–H groups in total. The van der Waals surface area contributed by atoms with E-state index in [-0.39, 0.29) is 6.79 Å². The van der Waals surface area contributed by atoms with Crippen LogP contribution in [0, 0.1) is 27.7 Å². The Kier molecular flexibility index (Phi) is 8.30. The van der Waals surface area contributed by atoms with Crippen molar-refractivity contribution in [2.75, 3.05) is 25.3 Å². The van der Waals surface area contributed by atoms with Crippen molar-refractivity contribution in [3.8, 4) is 11.5 Å². The van der Waals surface area contributed by atoms with Crippen LogP contribution in [0.25, 0.3) is 0 Å². The molecular weight excluding hydrogens is 443 g/mol. The Labute approximate surface area is 183 Å². The van der Waals surface area contributed by atoms with Crippen molar-refractivity contribution in [1.82, 2.24) is 0 Å². The van der Waals surface area contributed by atoms with Gasteiger partial charge in [0.1, 0.15) is 11.5 Å². The second-order valence-corrected chi connectivity index (χ2v) is 11.3. The summed E-state index contributed by atoms with van der Waals surface area (Å²) in [5, 5.41) is 0. The van der Waals surface area contributed by atoms with Gasteiger partial charge in [0.25, 0.3) is 0 Å². The van der Waals surface area contributed by atoms with Gasteiger partial charge in [-0.05, 0) is 79.6 Å². The lowest BCUT2D eigenvalue weighted by Crippen LogP contribution is -2.11. The summed E-state index contributed by atoms with van der Waals surface area (Å²) in [5.41, 5.74) is 5.92. The fraction of sp³-hybridized carbons (Fsp3) is 0.429. The molecular formula is C21H29O8PS. The first kappa shape index (κ1) is 25.4. The first-order chi connectivity index (χ1) is 14.3.